The van der Waals surface area contributed by atoms with Gasteiger partial charge in [0.05, 0.1) is 35.4 Å². The largest absolute Gasteiger partial charge is 0.497 e. The van der Waals surface area contributed by atoms with Gasteiger partial charge in [0.25, 0.3) is 10.0 Å². The maximum atomic E-state index is 12.2. The van der Waals surface area contributed by atoms with Crippen LogP contribution in [0.2, 0.25) is 10.0 Å². The van der Waals surface area contributed by atoms with Crippen molar-refractivity contribution in [3.05, 3.63) is 52.0 Å². The fourth-order valence-corrected chi connectivity index (χ4v) is 2.97. The molecule has 2 aromatic rings. The van der Waals surface area contributed by atoms with Crippen LogP contribution >= 0.6 is 23.2 Å². The maximum Gasteiger partial charge on any atom is 0.276 e. The van der Waals surface area contributed by atoms with Gasteiger partial charge in [-0.1, -0.05) is 23.2 Å². The van der Waals surface area contributed by atoms with Crippen molar-refractivity contribution in [1.82, 2.24) is 4.83 Å². The first kappa shape index (κ1) is 18.4. The molecule has 24 heavy (non-hydrogen) atoms. The molecule has 9 heteroatoms. The molecule has 0 amide bonds. The second-order valence-corrected chi connectivity index (χ2v) is 7.01. The number of halogens is 2. The summed E-state index contributed by atoms with van der Waals surface area (Å²) < 4.78 is 34.6. The number of hydrogen-bond donors (Lipinski definition) is 1. The summed E-state index contributed by atoms with van der Waals surface area (Å²) in [6, 6.07) is 9.03. The summed E-state index contributed by atoms with van der Waals surface area (Å²) in [7, 11) is -0.831. The lowest BCUT2D eigenvalue weighted by atomic mass is 10.2. The third-order valence-electron chi connectivity index (χ3n) is 3.02. The lowest BCUT2D eigenvalue weighted by Crippen LogP contribution is -2.18. The second-order valence-electron chi connectivity index (χ2n) is 4.54. The van der Waals surface area contributed by atoms with Crippen LogP contribution in [0, 0.1) is 0 Å². The Bertz CT molecular complexity index is 870. The normalized spacial score (nSPS) is 11.5. The number of nitrogens with one attached hydrogen (secondary N) is 1. The Balaban J connectivity index is 2.20. The van der Waals surface area contributed by atoms with Crippen molar-refractivity contribution in [3.8, 4) is 11.5 Å². The first-order valence-electron chi connectivity index (χ1n) is 6.59. The molecule has 0 aliphatic carbocycles. The van der Waals surface area contributed by atoms with Crippen LogP contribution in [0.1, 0.15) is 5.56 Å². The molecule has 0 aliphatic rings. The monoisotopic (exact) mass is 388 g/mol. The Morgan fingerprint density at radius 2 is 1.79 bits per heavy atom. The van der Waals surface area contributed by atoms with Crippen molar-refractivity contribution in [2.45, 2.75) is 4.90 Å². The highest BCUT2D eigenvalue weighted by molar-refractivity contribution is 7.89. The summed E-state index contributed by atoms with van der Waals surface area (Å²) in [5.41, 5.74) is 0.579. The van der Waals surface area contributed by atoms with E-state index in [0.29, 0.717) is 17.1 Å². The molecule has 0 aliphatic heterocycles. The third-order valence-corrected chi connectivity index (χ3v) is 4.98. The predicted octanol–water partition coefficient (Wildman–Crippen LogP) is 3.32. The molecule has 6 nitrogen and oxygen atoms in total. The van der Waals surface area contributed by atoms with Crippen molar-refractivity contribution in [2.75, 3.05) is 14.2 Å². The first-order valence-corrected chi connectivity index (χ1v) is 8.83. The van der Waals surface area contributed by atoms with E-state index in [9.17, 15) is 8.42 Å². The zero-order valence-electron chi connectivity index (χ0n) is 12.8. The van der Waals surface area contributed by atoms with Gasteiger partial charge in [0, 0.05) is 11.6 Å². The van der Waals surface area contributed by atoms with Crippen LogP contribution in [-0.4, -0.2) is 28.9 Å². The molecule has 128 valence electrons. The fourth-order valence-electron chi connectivity index (χ4n) is 1.79. The van der Waals surface area contributed by atoms with E-state index in [2.05, 4.69) is 9.93 Å². The molecule has 0 bridgehead atoms. The SMILES string of the molecule is COc1ccc(/C=N/NS(=O)(=O)c2ccc(Cl)c(Cl)c2)c(OC)c1. The van der Waals surface area contributed by atoms with E-state index in [-0.39, 0.29) is 14.9 Å². The van der Waals surface area contributed by atoms with Gasteiger partial charge >= 0.3 is 0 Å². The Labute approximate surface area is 150 Å². The van der Waals surface area contributed by atoms with E-state index in [4.69, 9.17) is 32.7 Å². The molecule has 1 N–H and O–H groups in total. The zero-order chi connectivity index (χ0) is 17.7. The van der Waals surface area contributed by atoms with Crippen molar-refractivity contribution >= 4 is 39.4 Å². The van der Waals surface area contributed by atoms with Crippen molar-refractivity contribution in [2.24, 2.45) is 5.10 Å². The summed E-state index contributed by atoms with van der Waals surface area (Å²) >= 11 is 11.6. The lowest BCUT2D eigenvalue weighted by molar-refractivity contribution is 0.394. The summed E-state index contributed by atoms with van der Waals surface area (Å²) in [6.07, 6.45) is 1.33. The predicted molar refractivity (Wildman–Crippen MR) is 93.9 cm³/mol. The minimum absolute atomic E-state index is 0.0456. The maximum absolute atomic E-state index is 12.2. The highest BCUT2D eigenvalue weighted by atomic mass is 35.5. The van der Waals surface area contributed by atoms with E-state index < -0.39 is 10.0 Å². The Morgan fingerprint density at radius 1 is 1.04 bits per heavy atom. The Morgan fingerprint density at radius 3 is 2.42 bits per heavy atom. The van der Waals surface area contributed by atoms with Crippen LogP contribution < -0.4 is 14.3 Å². The average Bonchev–Trinajstić information content (AvgIpc) is 2.57. The number of rotatable bonds is 6. The summed E-state index contributed by atoms with van der Waals surface area (Å²) in [4.78, 5) is 2.06. The molecule has 0 spiro atoms. The quantitative estimate of drug-likeness (QED) is 0.608. The highest BCUT2D eigenvalue weighted by Crippen LogP contribution is 2.25. The number of hydrogen-bond acceptors (Lipinski definition) is 5. The number of benzene rings is 2. The number of hydrazone groups is 1. The summed E-state index contributed by atoms with van der Waals surface area (Å²) in [5.74, 6) is 1.10. The molecular formula is C15H14Cl2N2O4S. The van der Waals surface area contributed by atoms with E-state index in [1.807, 2.05) is 0 Å². The molecule has 0 saturated carbocycles. The van der Waals surface area contributed by atoms with Crippen LogP contribution in [0.25, 0.3) is 0 Å². The van der Waals surface area contributed by atoms with Crippen molar-refractivity contribution in [1.29, 1.82) is 0 Å². The minimum atomic E-state index is -3.86. The van der Waals surface area contributed by atoms with Crippen molar-refractivity contribution in [3.63, 3.8) is 0 Å². The van der Waals surface area contributed by atoms with Gasteiger partial charge in [-0.25, -0.2) is 4.83 Å². The van der Waals surface area contributed by atoms with Crippen LogP contribution in [0.15, 0.2) is 46.4 Å². The first-order chi connectivity index (χ1) is 11.4. The van der Waals surface area contributed by atoms with Gasteiger partial charge in [0.1, 0.15) is 11.5 Å². The zero-order valence-corrected chi connectivity index (χ0v) is 15.1. The molecule has 0 fully saturated rings. The fraction of sp³-hybridized carbons (Fsp3) is 0.133. The number of sulfonamides is 1. The topological polar surface area (TPSA) is 77.0 Å². The number of nitrogens with zero attached hydrogens (tertiary/aromatic N) is 1. The smallest absolute Gasteiger partial charge is 0.276 e. The number of methoxy groups -OCH3 is 2. The van der Waals surface area contributed by atoms with Crippen LogP contribution in [-0.2, 0) is 10.0 Å². The summed E-state index contributed by atoms with van der Waals surface area (Å²) in [5, 5.41) is 4.15. The number of ether oxygens (including phenoxy) is 2. The van der Waals surface area contributed by atoms with Gasteiger partial charge in [0.2, 0.25) is 0 Å². The summed E-state index contributed by atoms with van der Waals surface area (Å²) in [6.45, 7) is 0. The molecule has 0 radical (unpaired) electrons. The second kappa shape index (κ2) is 7.74. The minimum Gasteiger partial charge on any atom is -0.497 e. The van der Waals surface area contributed by atoms with Gasteiger partial charge in [-0.05, 0) is 30.3 Å². The average molecular weight is 389 g/mol. The van der Waals surface area contributed by atoms with Gasteiger partial charge in [-0.15, -0.1) is 0 Å². The van der Waals surface area contributed by atoms with Gasteiger partial charge in [-0.3, -0.25) is 0 Å². The third kappa shape index (κ3) is 4.31. The molecule has 0 aromatic heterocycles. The van der Waals surface area contributed by atoms with Gasteiger partial charge in [-0.2, -0.15) is 13.5 Å². The van der Waals surface area contributed by atoms with Gasteiger partial charge in [0.15, 0.2) is 0 Å². The van der Waals surface area contributed by atoms with E-state index in [0.717, 1.165) is 0 Å². The van der Waals surface area contributed by atoms with Crippen LogP contribution in [0.4, 0.5) is 0 Å². The Hall–Kier alpha value is -1.96. The molecule has 0 unspecified atom stereocenters. The van der Waals surface area contributed by atoms with Crippen molar-refractivity contribution < 1.29 is 17.9 Å². The molecule has 0 atom stereocenters. The Kier molecular flexibility index (Phi) is 5.93. The molecule has 0 heterocycles. The van der Waals surface area contributed by atoms with E-state index in [1.165, 1.54) is 38.6 Å². The van der Waals surface area contributed by atoms with E-state index >= 15 is 0 Å². The standard InChI is InChI=1S/C15H14Cl2N2O4S/c1-22-11-4-3-10(15(7-11)23-2)9-18-19-24(20,21)12-5-6-13(16)14(17)8-12/h3-9,19H,1-2H3/b18-9+. The van der Waals surface area contributed by atoms with Crippen LogP contribution in [0.5, 0.6) is 11.5 Å². The van der Waals surface area contributed by atoms with Gasteiger partial charge < -0.3 is 9.47 Å². The van der Waals surface area contributed by atoms with Crippen LogP contribution in [0.3, 0.4) is 0 Å². The van der Waals surface area contributed by atoms with E-state index in [1.54, 1.807) is 18.2 Å². The lowest BCUT2D eigenvalue weighted by Gasteiger charge is -2.07. The molecule has 2 rings (SSSR count). The molecule has 0 saturated heterocycles. The highest BCUT2D eigenvalue weighted by Gasteiger charge is 2.14. The molecular weight excluding hydrogens is 375 g/mol. The molecule has 2 aromatic carbocycles.